The minimum absolute atomic E-state index is 0.221. The minimum Gasteiger partial charge on any atom is -0.360 e. The predicted octanol–water partition coefficient (Wildman–Crippen LogP) is 14.3. The first-order valence-corrected chi connectivity index (χ1v) is 17.7. The molecule has 0 bridgehead atoms. The molecule has 1 N–H and O–H groups in total. The molecule has 3 aromatic carbocycles. The lowest BCUT2D eigenvalue weighted by Gasteiger charge is -2.18. The van der Waals surface area contributed by atoms with Crippen LogP contribution in [0.1, 0.15) is 116 Å². The Balaban J connectivity index is 0.000000683. The van der Waals surface area contributed by atoms with E-state index in [0.29, 0.717) is 10.9 Å². The molecule has 0 saturated carbocycles. The van der Waals surface area contributed by atoms with Crippen LogP contribution in [0.15, 0.2) is 66.4 Å². The predicted molar refractivity (Wildman–Crippen MR) is 207 cm³/mol. The molecule has 1 nitrogen and oxygen atoms in total. The molecule has 4 aromatic rings. The van der Waals surface area contributed by atoms with Gasteiger partial charge < -0.3 is 4.98 Å². The maximum absolute atomic E-state index is 12.5. The summed E-state index contributed by atoms with van der Waals surface area (Å²) in [5, 5.41) is 2.57. The van der Waals surface area contributed by atoms with E-state index in [9.17, 15) is 4.39 Å². The number of hydrogen-bond donors (Lipinski definition) is 1. The van der Waals surface area contributed by atoms with E-state index < -0.39 is 0 Å². The Kier molecular flexibility index (Phi) is 22.6. The SMILES string of the molecule is C#C.CC.CCCC/C(CC)=C(/c1ccc2[nH]cc(Cl)c2c1)C(C)C.CCc1cc(F)ccc1Cl.CCc1cccc(CC)c1C. The van der Waals surface area contributed by atoms with Crippen molar-refractivity contribution in [3.05, 3.63) is 110 Å². The molecule has 0 radical (unpaired) electrons. The standard InChI is InChI=1S/C19H26ClN.C11H16.C8H8ClF.C2H6.C2H2/c1-5-7-8-14(6-2)19(13(3)4)15-9-10-18-16(11-15)17(20)12-21-18;1-4-10-7-6-8-11(5-2)9(10)3;1-2-6-5-7(10)3-4-8(6)9;2*1-2/h9-13,21H,5-8H2,1-4H3;6-8H,4-5H2,1-3H3;3-5H,2H2,1H3;1-2H3;1-2H/b19-14+;;;;. The molecular formula is C42H58Cl2FN. The van der Waals surface area contributed by atoms with E-state index in [1.807, 2.05) is 27.0 Å². The first-order valence-electron chi connectivity index (χ1n) is 16.9. The zero-order chi connectivity index (χ0) is 35.2. The monoisotopic (exact) mass is 665 g/mol. The van der Waals surface area contributed by atoms with E-state index >= 15 is 0 Å². The van der Waals surface area contributed by atoms with Crippen molar-refractivity contribution in [2.45, 2.75) is 114 Å². The highest BCUT2D eigenvalue weighted by Crippen LogP contribution is 2.34. The molecule has 0 aliphatic heterocycles. The molecule has 0 aliphatic carbocycles. The van der Waals surface area contributed by atoms with Crippen molar-refractivity contribution < 1.29 is 4.39 Å². The maximum Gasteiger partial charge on any atom is 0.123 e. The number of aryl methyl sites for hydroxylation is 3. The second-order valence-electron chi connectivity index (χ2n) is 11.0. The molecule has 4 heteroatoms. The topological polar surface area (TPSA) is 15.8 Å². The second kappa shape index (κ2) is 24.2. The van der Waals surface area contributed by atoms with Crippen LogP contribution in [0.2, 0.25) is 10.0 Å². The highest BCUT2D eigenvalue weighted by Gasteiger charge is 2.14. The number of aromatic amines is 1. The van der Waals surface area contributed by atoms with Crippen molar-refractivity contribution in [3.8, 4) is 12.8 Å². The lowest BCUT2D eigenvalue weighted by molar-refractivity contribution is 0.626. The average molecular weight is 667 g/mol. The Morgan fingerprint density at radius 2 is 1.39 bits per heavy atom. The molecule has 0 spiro atoms. The van der Waals surface area contributed by atoms with Crippen LogP contribution in [0, 0.1) is 31.5 Å². The van der Waals surface area contributed by atoms with Crippen LogP contribution >= 0.6 is 23.2 Å². The Labute approximate surface area is 291 Å². The van der Waals surface area contributed by atoms with E-state index in [0.717, 1.165) is 47.2 Å². The second-order valence-corrected chi connectivity index (χ2v) is 11.8. The number of halogens is 3. The van der Waals surface area contributed by atoms with Gasteiger partial charge in [0.15, 0.2) is 0 Å². The van der Waals surface area contributed by atoms with E-state index in [1.54, 1.807) is 11.6 Å². The summed E-state index contributed by atoms with van der Waals surface area (Å²) >= 11 is 12.0. The fourth-order valence-corrected chi connectivity index (χ4v) is 5.87. The smallest absolute Gasteiger partial charge is 0.123 e. The molecule has 252 valence electrons. The number of rotatable bonds is 9. The molecule has 0 aliphatic rings. The van der Waals surface area contributed by atoms with Crippen molar-refractivity contribution in [2.75, 3.05) is 0 Å². The third-order valence-electron chi connectivity index (χ3n) is 7.87. The first-order chi connectivity index (χ1) is 22.1. The van der Waals surface area contributed by atoms with Crippen LogP contribution in [-0.4, -0.2) is 4.98 Å². The van der Waals surface area contributed by atoms with Gasteiger partial charge >= 0.3 is 0 Å². The summed E-state index contributed by atoms with van der Waals surface area (Å²) in [6.45, 7) is 21.7. The van der Waals surface area contributed by atoms with Crippen molar-refractivity contribution in [2.24, 2.45) is 5.92 Å². The summed E-state index contributed by atoms with van der Waals surface area (Å²) in [5.74, 6) is 0.313. The molecule has 0 unspecified atom stereocenters. The van der Waals surface area contributed by atoms with Gasteiger partial charge in [-0.2, -0.15) is 0 Å². The molecule has 0 atom stereocenters. The van der Waals surface area contributed by atoms with E-state index in [4.69, 9.17) is 23.2 Å². The number of benzene rings is 3. The lowest BCUT2D eigenvalue weighted by atomic mass is 9.87. The summed E-state index contributed by atoms with van der Waals surface area (Å²) in [6.07, 6.45) is 17.8. The van der Waals surface area contributed by atoms with Gasteiger partial charge in [0.05, 0.1) is 5.02 Å². The van der Waals surface area contributed by atoms with Crippen LogP contribution < -0.4 is 0 Å². The number of fused-ring (bicyclic) bond motifs is 1. The number of allylic oxidation sites excluding steroid dienone is 2. The number of unbranched alkanes of at least 4 members (excludes halogenated alkanes) is 1. The van der Waals surface area contributed by atoms with Gasteiger partial charge in [-0.25, -0.2) is 4.39 Å². The fourth-order valence-electron chi connectivity index (χ4n) is 5.41. The van der Waals surface area contributed by atoms with E-state index in [-0.39, 0.29) is 5.82 Å². The van der Waals surface area contributed by atoms with Crippen LogP contribution in [0.25, 0.3) is 16.5 Å². The Morgan fingerprint density at radius 3 is 1.87 bits per heavy atom. The number of hydrogen-bond acceptors (Lipinski definition) is 0. The Bertz CT molecular complexity index is 1450. The van der Waals surface area contributed by atoms with E-state index in [1.165, 1.54) is 59.2 Å². The third kappa shape index (κ3) is 13.4. The summed E-state index contributed by atoms with van der Waals surface area (Å²) in [6, 6.07) is 17.6. The van der Waals surface area contributed by atoms with Gasteiger partial charge in [-0.3, -0.25) is 0 Å². The number of terminal acetylenes is 1. The van der Waals surface area contributed by atoms with E-state index in [2.05, 4.69) is 103 Å². The van der Waals surface area contributed by atoms with Gasteiger partial charge in [0, 0.05) is 22.1 Å². The van der Waals surface area contributed by atoms with Crippen LogP contribution in [0.5, 0.6) is 0 Å². The summed E-state index contributed by atoms with van der Waals surface area (Å²) < 4.78 is 12.5. The average Bonchev–Trinajstić information content (AvgIpc) is 3.46. The molecule has 4 rings (SSSR count). The Morgan fingerprint density at radius 1 is 0.804 bits per heavy atom. The summed E-state index contributed by atoms with van der Waals surface area (Å²) in [5.41, 5.74) is 10.9. The van der Waals surface area contributed by atoms with Gasteiger partial charge in [-0.15, -0.1) is 12.8 Å². The van der Waals surface area contributed by atoms with Crippen LogP contribution in [0.4, 0.5) is 4.39 Å². The lowest BCUT2D eigenvalue weighted by Crippen LogP contribution is -2.00. The van der Waals surface area contributed by atoms with Crippen LogP contribution in [0.3, 0.4) is 0 Å². The number of nitrogens with one attached hydrogen (secondary N) is 1. The van der Waals surface area contributed by atoms with Crippen molar-refractivity contribution in [1.82, 2.24) is 4.98 Å². The molecular weight excluding hydrogens is 608 g/mol. The minimum atomic E-state index is -0.221. The number of H-pyrrole nitrogens is 1. The van der Waals surface area contributed by atoms with Gasteiger partial charge in [0.1, 0.15) is 5.82 Å². The Hall–Kier alpha value is -2.99. The molecule has 0 saturated heterocycles. The van der Waals surface area contributed by atoms with Gasteiger partial charge in [0.25, 0.3) is 0 Å². The van der Waals surface area contributed by atoms with Crippen molar-refractivity contribution >= 4 is 39.7 Å². The van der Waals surface area contributed by atoms with Gasteiger partial charge in [0.2, 0.25) is 0 Å². The molecule has 1 aromatic heterocycles. The highest BCUT2D eigenvalue weighted by molar-refractivity contribution is 6.35. The number of aromatic nitrogens is 1. The van der Waals surface area contributed by atoms with Gasteiger partial charge in [-0.05, 0) is 115 Å². The fraction of sp³-hybridized carbons (Fsp3) is 0.429. The molecule has 0 fully saturated rings. The maximum atomic E-state index is 12.5. The van der Waals surface area contributed by atoms with Crippen molar-refractivity contribution in [3.63, 3.8) is 0 Å². The quantitative estimate of drug-likeness (QED) is 0.171. The molecule has 1 heterocycles. The molecule has 0 amide bonds. The summed E-state index contributed by atoms with van der Waals surface area (Å²) in [4.78, 5) is 3.21. The largest absolute Gasteiger partial charge is 0.360 e. The summed E-state index contributed by atoms with van der Waals surface area (Å²) in [7, 11) is 0. The van der Waals surface area contributed by atoms with Crippen molar-refractivity contribution in [1.29, 1.82) is 0 Å². The normalized spacial score (nSPS) is 10.7. The van der Waals surface area contributed by atoms with Crippen LogP contribution in [-0.2, 0) is 19.3 Å². The first kappa shape index (κ1) is 43.0. The van der Waals surface area contributed by atoms with Gasteiger partial charge in [-0.1, -0.05) is 122 Å². The third-order valence-corrected chi connectivity index (χ3v) is 8.55. The highest BCUT2D eigenvalue weighted by atomic mass is 35.5. The molecule has 46 heavy (non-hydrogen) atoms. The zero-order valence-electron chi connectivity index (χ0n) is 30.1. The zero-order valence-corrected chi connectivity index (χ0v) is 31.6.